The van der Waals surface area contributed by atoms with Gasteiger partial charge in [-0.15, -0.1) is 0 Å². The topological polar surface area (TPSA) is 50.9 Å². The second-order valence-electron chi connectivity index (χ2n) is 4.38. The molecule has 16 heavy (non-hydrogen) atoms. The maximum atomic E-state index is 6.02. The molecule has 2 rings (SSSR count). The highest BCUT2D eigenvalue weighted by atomic mass is 35.5. The Balaban J connectivity index is 1.94. The van der Waals surface area contributed by atoms with Gasteiger partial charge in [-0.2, -0.15) is 0 Å². The summed E-state index contributed by atoms with van der Waals surface area (Å²) in [4.78, 5) is 4.16. The average molecular weight is 260 g/mol. The lowest BCUT2D eigenvalue weighted by Crippen LogP contribution is -2.19. The van der Waals surface area contributed by atoms with E-state index < -0.39 is 0 Å². The fraction of sp³-hybridized carbons (Fsp3) is 0.545. The van der Waals surface area contributed by atoms with Gasteiger partial charge in [0, 0.05) is 12.7 Å². The molecule has 1 aliphatic rings. The number of nitrogens with zero attached hydrogens (tertiary/aromatic N) is 1. The number of aromatic nitrogens is 1. The summed E-state index contributed by atoms with van der Waals surface area (Å²) in [5.41, 5.74) is 5.96. The first-order valence-corrected chi connectivity index (χ1v) is 6.16. The third-order valence-electron chi connectivity index (χ3n) is 3.07. The van der Waals surface area contributed by atoms with E-state index in [-0.39, 0.29) is 0 Å². The first-order chi connectivity index (χ1) is 7.65. The van der Waals surface area contributed by atoms with Crippen LogP contribution in [0.3, 0.4) is 0 Å². The van der Waals surface area contributed by atoms with E-state index in [1.54, 1.807) is 12.3 Å². The van der Waals surface area contributed by atoms with E-state index in [1.807, 2.05) is 0 Å². The zero-order valence-electron chi connectivity index (χ0n) is 8.97. The Labute approximate surface area is 105 Å². The molecule has 3 nitrogen and oxygen atoms in total. The van der Waals surface area contributed by atoms with Crippen molar-refractivity contribution in [2.45, 2.75) is 19.3 Å². The largest absolute Gasteiger partial charge is 0.368 e. The van der Waals surface area contributed by atoms with Gasteiger partial charge in [0.25, 0.3) is 0 Å². The molecule has 3 N–H and O–H groups in total. The normalized spacial score (nSPS) is 17.2. The first kappa shape index (κ1) is 12.0. The van der Waals surface area contributed by atoms with Gasteiger partial charge in [0.05, 0.1) is 10.0 Å². The highest BCUT2D eigenvalue weighted by molar-refractivity contribution is 6.35. The molecule has 1 saturated carbocycles. The molecule has 0 radical (unpaired) electrons. The van der Waals surface area contributed by atoms with E-state index in [9.17, 15) is 0 Å². The number of hydrogen-bond acceptors (Lipinski definition) is 3. The van der Waals surface area contributed by atoms with E-state index in [0.717, 1.165) is 19.5 Å². The fourth-order valence-electron chi connectivity index (χ4n) is 1.81. The van der Waals surface area contributed by atoms with Crippen molar-refractivity contribution in [1.82, 2.24) is 4.98 Å². The molecule has 0 spiro atoms. The van der Waals surface area contributed by atoms with Crippen LogP contribution in [0.1, 0.15) is 19.3 Å². The zero-order chi connectivity index (χ0) is 11.6. The molecule has 88 valence electrons. The molecule has 0 bridgehead atoms. The van der Waals surface area contributed by atoms with Crippen LogP contribution >= 0.6 is 23.2 Å². The van der Waals surface area contributed by atoms with Gasteiger partial charge in [0.1, 0.15) is 5.82 Å². The molecule has 0 amide bonds. The van der Waals surface area contributed by atoms with Crippen LogP contribution in [0.2, 0.25) is 10.0 Å². The fourth-order valence-corrected chi connectivity index (χ4v) is 2.26. The Morgan fingerprint density at radius 1 is 1.44 bits per heavy atom. The van der Waals surface area contributed by atoms with E-state index >= 15 is 0 Å². The molecule has 0 atom stereocenters. The van der Waals surface area contributed by atoms with Crippen LogP contribution in [0, 0.1) is 5.41 Å². The minimum Gasteiger partial charge on any atom is -0.368 e. The molecule has 1 heterocycles. The lowest BCUT2D eigenvalue weighted by atomic mass is 10.0. The van der Waals surface area contributed by atoms with Crippen molar-refractivity contribution in [3.05, 3.63) is 22.3 Å². The number of nitrogens with two attached hydrogens (primary N) is 1. The molecule has 1 aromatic rings. The van der Waals surface area contributed by atoms with Gasteiger partial charge in [-0.3, -0.25) is 0 Å². The molecule has 1 aliphatic carbocycles. The summed E-state index contributed by atoms with van der Waals surface area (Å²) >= 11 is 11.8. The van der Waals surface area contributed by atoms with Crippen LogP contribution in [0.25, 0.3) is 0 Å². The highest BCUT2D eigenvalue weighted by Crippen LogP contribution is 2.48. The predicted molar refractivity (Wildman–Crippen MR) is 68.1 cm³/mol. The van der Waals surface area contributed by atoms with E-state index in [1.165, 1.54) is 12.8 Å². The quantitative estimate of drug-likeness (QED) is 0.855. The molecule has 5 heteroatoms. The second kappa shape index (κ2) is 4.78. The Kier molecular flexibility index (Phi) is 3.57. The minimum absolute atomic E-state index is 0.374. The molecule has 0 aromatic carbocycles. The Hall–Kier alpha value is -0.510. The molecule has 0 saturated heterocycles. The number of hydrogen-bond donors (Lipinski definition) is 2. The molecule has 1 aromatic heterocycles. The van der Waals surface area contributed by atoms with Crippen molar-refractivity contribution in [3.8, 4) is 0 Å². The zero-order valence-corrected chi connectivity index (χ0v) is 10.5. The predicted octanol–water partition coefficient (Wildman–Crippen LogP) is 2.93. The van der Waals surface area contributed by atoms with Crippen LogP contribution in [0.4, 0.5) is 5.82 Å². The third kappa shape index (κ3) is 2.78. The van der Waals surface area contributed by atoms with Gasteiger partial charge in [-0.25, -0.2) is 4.98 Å². The Morgan fingerprint density at radius 2 is 2.19 bits per heavy atom. The van der Waals surface area contributed by atoms with Crippen LogP contribution in [-0.4, -0.2) is 18.1 Å². The summed E-state index contributed by atoms with van der Waals surface area (Å²) in [7, 11) is 0. The van der Waals surface area contributed by atoms with Gasteiger partial charge in [0.15, 0.2) is 0 Å². The summed E-state index contributed by atoms with van der Waals surface area (Å²) in [6.45, 7) is 1.63. The molecule has 0 unspecified atom stereocenters. The number of anilines is 1. The van der Waals surface area contributed by atoms with E-state index in [2.05, 4.69) is 10.3 Å². The van der Waals surface area contributed by atoms with Gasteiger partial charge in [0.2, 0.25) is 0 Å². The summed E-state index contributed by atoms with van der Waals surface area (Å²) in [5.74, 6) is 0.703. The Morgan fingerprint density at radius 3 is 2.75 bits per heavy atom. The van der Waals surface area contributed by atoms with Crippen molar-refractivity contribution in [1.29, 1.82) is 0 Å². The van der Waals surface area contributed by atoms with Crippen molar-refractivity contribution in [2.75, 3.05) is 18.4 Å². The summed E-state index contributed by atoms with van der Waals surface area (Å²) < 4.78 is 0. The monoisotopic (exact) mass is 259 g/mol. The third-order valence-corrected chi connectivity index (χ3v) is 3.57. The van der Waals surface area contributed by atoms with Gasteiger partial charge >= 0.3 is 0 Å². The van der Waals surface area contributed by atoms with Gasteiger partial charge in [-0.1, -0.05) is 23.2 Å². The first-order valence-electron chi connectivity index (χ1n) is 5.40. The summed E-state index contributed by atoms with van der Waals surface area (Å²) in [5, 5.41) is 4.39. The molecule has 0 aliphatic heterocycles. The van der Waals surface area contributed by atoms with Crippen molar-refractivity contribution < 1.29 is 0 Å². The number of rotatable bonds is 5. The average Bonchev–Trinajstić information content (AvgIpc) is 2.98. The number of halogens is 2. The SMILES string of the molecule is NCCC1(CNc2ncc(Cl)cc2Cl)CC1. The van der Waals surface area contributed by atoms with Crippen LogP contribution in [0.15, 0.2) is 12.3 Å². The van der Waals surface area contributed by atoms with Crippen LogP contribution in [-0.2, 0) is 0 Å². The second-order valence-corrected chi connectivity index (χ2v) is 5.22. The van der Waals surface area contributed by atoms with Crippen molar-refractivity contribution in [3.63, 3.8) is 0 Å². The molecular formula is C11H15Cl2N3. The van der Waals surface area contributed by atoms with Gasteiger partial charge < -0.3 is 11.1 Å². The molecular weight excluding hydrogens is 245 g/mol. The maximum Gasteiger partial charge on any atom is 0.144 e. The Bertz CT molecular complexity index is 377. The van der Waals surface area contributed by atoms with Crippen molar-refractivity contribution >= 4 is 29.0 Å². The van der Waals surface area contributed by atoms with Crippen LogP contribution in [0.5, 0.6) is 0 Å². The summed E-state index contributed by atoms with van der Waals surface area (Å²) in [6.07, 6.45) is 5.13. The lowest BCUT2D eigenvalue weighted by Gasteiger charge is -2.15. The van der Waals surface area contributed by atoms with Crippen LogP contribution < -0.4 is 11.1 Å². The number of nitrogens with one attached hydrogen (secondary N) is 1. The minimum atomic E-state index is 0.374. The molecule has 1 fully saturated rings. The lowest BCUT2D eigenvalue weighted by molar-refractivity contribution is 0.500. The van der Waals surface area contributed by atoms with E-state index in [0.29, 0.717) is 21.3 Å². The van der Waals surface area contributed by atoms with Gasteiger partial charge in [-0.05, 0) is 37.3 Å². The maximum absolute atomic E-state index is 6.02. The summed E-state index contributed by atoms with van der Waals surface area (Å²) in [6, 6.07) is 1.70. The highest BCUT2D eigenvalue weighted by Gasteiger charge is 2.41. The standard InChI is InChI=1S/C11H15Cl2N3/c12-8-5-9(13)10(15-6-8)16-7-11(1-2-11)3-4-14/h5-6H,1-4,7,14H2,(H,15,16). The van der Waals surface area contributed by atoms with Crippen molar-refractivity contribution in [2.24, 2.45) is 11.1 Å². The van der Waals surface area contributed by atoms with E-state index in [4.69, 9.17) is 28.9 Å². The number of pyridine rings is 1. The smallest absolute Gasteiger partial charge is 0.144 e.